The number of hydrogen-bond acceptors (Lipinski definition) is 4. The summed E-state index contributed by atoms with van der Waals surface area (Å²) in [5.74, 6) is 0.582. The predicted molar refractivity (Wildman–Crippen MR) is 90.4 cm³/mol. The van der Waals surface area contributed by atoms with Gasteiger partial charge in [-0.25, -0.2) is 4.79 Å². The molecule has 1 aliphatic rings. The highest BCUT2D eigenvalue weighted by Gasteiger charge is 2.23. The second kappa shape index (κ2) is 7.99. The van der Waals surface area contributed by atoms with Gasteiger partial charge in [0, 0.05) is 39.3 Å². The lowest BCUT2D eigenvalue weighted by atomic mass is 10.2. The molecule has 2 amide bonds. The van der Waals surface area contributed by atoms with Crippen molar-refractivity contribution in [3.05, 3.63) is 60.1 Å². The maximum Gasteiger partial charge on any atom is 0.317 e. The van der Waals surface area contributed by atoms with Gasteiger partial charge in [0.15, 0.2) is 0 Å². The lowest BCUT2D eigenvalue weighted by molar-refractivity contribution is 0.0691. The highest BCUT2D eigenvalue weighted by Crippen LogP contribution is 2.15. The summed E-state index contributed by atoms with van der Waals surface area (Å²) in [6, 6.07) is 13.4. The number of carbonyl (C=O) groups excluding carboxylic acids is 1. The molecule has 3 rings (SSSR count). The molecule has 0 bridgehead atoms. The van der Waals surface area contributed by atoms with E-state index in [1.807, 2.05) is 35.2 Å². The van der Waals surface area contributed by atoms with Crippen molar-refractivity contribution in [1.29, 1.82) is 0 Å². The number of furan rings is 1. The van der Waals surface area contributed by atoms with Crippen LogP contribution in [-0.2, 0) is 6.54 Å². The molecule has 0 aliphatic carbocycles. The highest BCUT2D eigenvalue weighted by molar-refractivity contribution is 5.74. The molecule has 2 heterocycles. The molecule has 2 aromatic rings. The Morgan fingerprint density at radius 2 is 1.88 bits per heavy atom. The third-order valence-electron chi connectivity index (χ3n) is 4.25. The van der Waals surface area contributed by atoms with E-state index in [9.17, 15) is 9.90 Å². The zero-order chi connectivity index (χ0) is 16.8. The van der Waals surface area contributed by atoms with E-state index in [1.54, 1.807) is 18.4 Å². The van der Waals surface area contributed by atoms with Crippen molar-refractivity contribution in [2.24, 2.45) is 0 Å². The number of urea groups is 1. The molecule has 1 atom stereocenters. The average Bonchev–Trinajstić information content (AvgIpc) is 3.16. The number of aliphatic hydroxyl groups excluding tert-OH is 1. The third kappa shape index (κ3) is 4.37. The Morgan fingerprint density at radius 3 is 2.54 bits per heavy atom. The van der Waals surface area contributed by atoms with Gasteiger partial charge in [-0.1, -0.05) is 30.3 Å². The standard InChI is InChI=1S/C18H23N3O3/c22-16(17-7-4-12-24-17)14-20-8-10-21(11-9-20)18(23)19-13-15-5-2-1-3-6-15/h1-7,12,16,22H,8-11,13-14H2,(H,19,23). The van der Waals surface area contributed by atoms with E-state index in [0.717, 1.165) is 18.7 Å². The molecule has 1 aromatic carbocycles. The van der Waals surface area contributed by atoms with E-state index in [2.05, 4.69) is 10.2 Å². The number of hydrogen-bond donors (Lipinski definition) is 2. The van der Waals surface area contributed by atoms with Gasteiger partial charge in [-0.3, -0.25) is 4.90 Å². The minimum atomic E-state index is -0.626. The molecule has 1 fully saturated rings. The minimum Gasteiger partial charge on any atom is -0.467 e. The van der Waals surface area contributed by atoms with Crippen LogP contribution in [0.3, 0.4) is 0 Å². The summed E-state index contributed by atoms with van der Waals surface area (Å²) in [7, 11) is 0. The quantitative estimate of drug-likeness (QED) is 0.878. The molecule has 128 valence electrons. The average molecular weight is 329 g/mol. The fourth-order valence-corrected chi connectivity index (χ4v) is 2.83. The smallest absolute Gasteiger partial charge is 0.317 e. The summed E-state index contributed by atoms with van der Waals surface area (Å²) in [5, 5.41) is 13.1. The summed E-state index contributed by atoms with van der Waals surface area (Å²) in [4.78, 5) is 16.2. The fraction of sp³-hybridized carbons (Fsp3) is 0.389. The maximum atomic E-state index is 12.2. The Labute approximate surface area is 141 Å². The van der Waals surface area contributed by atoms with Crippen molar-refractivity contribution in [1.82, 2.24) is 15.1 Å². The van der Waals surface area contributed by atoms with Crippen LogP contribution in [0.2, 0.25) is 0 Å². The molecule has 2 N–H and O–H groups in total. The van der Waals surface area contributed by atoms with Crippen molar-refractivity contribution in [3.8, 4) is 0 Å². The number of rotatable bonds is 5. The first-order valence-corrected chi connectivity index (χ1v) is 8.23. The summed E-state index contributed by atoms with van der Waals surface area (Å²) in [6.07, 6.45) is 0.937. The number of aliphatic hydroxyl groups is 1. The molecule has 1 unspecified atom stereocenters. The van der Waals surface area contributed by atoms with E-state index >= 15 is 0 Å². The normalized spacial score (nSPS) is 16.8. The van der Waals surface area contributed by atoms with Crippen molar-refractivity contribution < 1.29 is 14.3 Å². The molecule has 1 aromatic heterocycles. The molecule has 24 heavy (non-hydrogen) atoms. The molecule has 6 heteroatoms. The Morgan fingerprint density at radius 1 is 1.12 bits per heavy atom. The van der Waals surface area contributed by atoms with Gasteiger partial charge in [0.25, 0.3) is 0 Å². The third-order valence-corrected chi connectivity index (χ3v) is 4.25. The van der Waals surface area contributed by atoms with Gasteiger partial charge >= 0.3 is 6.03 Å². The van der Waals surface area contributed by atoms with E-state index in [-0.39, 0.29) is 6.03 Å². The molecule has 0 radical (unpaired) electrons. The van der Waals surface area contributed by atoms with E-state index in [1.165, 1.54) is 0 Å². The van der Waals surface area contributed by atoms with Crippen LogP contribution in [0.1, 0.15) is 17.4 Å². The number of β-amino-alcohol motifs (C(OH)–C–C–N with tert-alkyl or cyclic N) is 1. The lowest BCUT2D eigenvalue weighted by Crippen LogP contribution is -2.52. The van der Waals surface area contributed by atoms with E-state index in [4.69, 9.17) is 4.42 Å². The van der Waals surface area contributed by atoms with Crippen LogP contribution in [0.25, 0.3) is 0 Å². The number of piperazine rings is 1. The molecule has 6 nitrogen and oxygen atoms in total. The van der Waals surface area contributed by atoms with Crippen molar-refractivity contribution in [2.45, 2.75) is 12.6 Å². The van der Waals surface area contributed by atoms with Gasteiger partial charge in [0.2, 0.25) is 0 Å². The van der Waals surface area contributed by atoms with Gasteiger partial charge in [0.1, 0.15) is 11.9 Å². The number of carbonyl (C=O) groups is 1. The Kier molecular flexibility index (Phi) is 5.51. The van der Waals surface area contributed by atoms with Crippen LogP contribution >= 0.6 is 0 Å². The lowest BCUT2D eigenvalue weighted by Gasteiger charge is -2.35. The zero-order valence-corrected chi connectivity index (χ0v) is 13.6. The van der Waals surface area contributed by atoms with Crippen molar-refractivity contribution in [3.63, 3.8) is 0 Å². The molecular weight excluding hydrogens is 306 g/mol. The summed E-state index contributed by atoms with van der Waals surface area (Å²) in [5.41, 5.74) is 1.09. The topological polar surface area (TPSA) is 69.0 Å². The van der Waals surface area contributed by atoms with Gasteiger partial charge in [-0.2, -0.15) is 0 Å². The molecule has 1 aliphatic heterocycles. The molecular formula is C18H23N3O3. The first kappa shape index (κ1) is 16.5. The fourth-order valence-electron chi connectivity index (χ4n) is 2.83. The van der Waals surface area contributed by atoms with Crippen molar-refractivity contribution >= 4 is 6.03 Å². The van der Waals surface area contributed by atoms with Crippen LogP contribution in [-0.4, -0.2) is 53.7 Å². The van der Waals surface area contributed by atoms with Crippen LogP contribution in [0.15, 0.2) is 53.1 Å². The van der Waals surface area contributed by atoms with Gasteiger partial charge < -0.3 is 19.7 Å². The molecule has 0 spiro atoms. The van der Waals surface area contributed by atoms with Crippen molar-refractivity contribution in [2.75, 3.05) is 32.7 Å². The first-order valence-electron chi connectivity index (χ1n) is 8.23. The summed E-state index contributed by atoms with van der Waals surface area (Å²) < 4.78 is 5.22. The van der Waals surface area contributed by atoms with Crippen LogP contribution in [0.4, 0.5) is 4.79 Å². The van der Waals surface area contributed by atoms with Gasteiger partial charge in [0.05, 0.1) is 6.26 Å². The van der Waals surface area contributed by atoms with Gasteiger partial charge in [-0.05, 0) is 17.7 Å². The van der Waals surface area contributed by atoms with Gasteiger partial charge in [-0.15, -0.1) is 0 Å². The number of nitrogens with one attached hydrogen (secondary N) is 1. The summed E-state index contributed by atoms with van der Waals surface area (Å²) in [6.45, 7) is 3.87. The zero-order valence-electron chi connectivity index (χ0n) is 13.6. The number of nitrogens with zero attached hydrogens (tertiary/aromatic N) is 2. The Balaban J connectivity index is 1.40. The monoisotopic (exact) mass is 329 g/mol. The highest BCUT2D eigenvalue weighted by atomic mass is 16.4. The van der Waals surface area contributed by atoms with E-state index < -0.39 is 6.10 Å². The predicted octanol–water partition coefficient (Wildman–Crippen LogP) is 1.84. The Bertz CT molecular complexity index is 622. The second-order valence-electron chi connectivity index (χ2n) is 5.96. The first-order chi connectivity index (χ1) is 11.7. The van der Waals surface area contributed by atoms with E-state index in [0.29, 0.717) is 31.9 Å². The summed E-state index contributed by atoms with van der Waals surface area (Å²) >= 11 is 0. The molecule has 0 saturated carbocycles. The van der Waals surface area contributed by atoms with Crippen LogP contribution in [0.5, 0.6) is 0 Å². The second-order valence-corrected chi connectivity index (χ2v) is 5.96. The number of benzene rings is 1. The maximum absolute atomic E-state index is 12.2. The SMILES string of the molecule is O=C(NCc1ccccc1)N1CCN(CC(O)c2ccco2)CC1. The minimum absolute atomic E-state index is 0.0370. The Hall–Kier alpha value is -2.31. The van der Waals surface area contributed by atoms with Crippen LogP contribution in [0, 0.1) is 0 Å². The largest absolute Gasteiger partial charge is 0.467 e. The van der Waals surface area contributed by atoms with Crippen LogP contribution < -0.4 is 5.32 Å². The number of amides is 2. The molecule has 1 saturated heterocycles.